The summed E-state index contributed by atoms with van der Waals surface area (Å²) in [6.45, 7) is 0. The molecule has 0 heterocycles. The topological polar surface area (TPSA) is 109 Å². The molecule has 0 fully saturated rings. The molecule has 90 valence electrons. The summed E-state index contributed by atoms with van der Waals surface area (Å²) in [6.07, 6.45) is -0.505. The summed E-state index contributed by atoms with van der Waals surface area (Å²) in [4.78, 5) is 33.2. The molecule has 6 nitrogen and oxygen atoms in total. The van der Waals surface area contributed by atoms with Crippen molar-refractivity contribution in [3.8, 4) is 0 Å². The summed E-state index contributed by atoms with van der Waals surface area (Å²) in [7, 11) is 0. The summed E-state index contributed by atoms with van der Waals surface area (Å²) < 4.78 is 30.3. The van der Waals surface area contributed by atoms with Crippen LogP contribution in [0.15, 0.2) is 24.2 Å². The number of aliphatic carboxylic acids is 1. The number of para-hydroxylation sites is 1. The van der Waals surface area contributed by atoms with Crippen molar-refractivity contribution in [2.45, 2.75) is 12.5 Å². The molecule has 6 heteroatoms. The standard InChI is InChI=1S/C11H12N2O4/c12-8(11(16)17)5-10(15)7-3-1-2-4-9(7)13-6-14/h1-4,6,8H,5,12H2,(H,13,14)(H,16,17)/t8-/m0/s1/i1D,2D,3D,4D. The van der Waals surface area contributed by atoms with E-state index in [-0.39, 0.29) is 6.41 Å². The lowest BCUT2D eigenvalue weighted by molar-refractivity contribution is -0.138. The predicted molar refractivity (Wildman–Crippen MR) is 60.7 cm³/mol. The minimum Gasteiger partial charge on any atom is -0.480 e. The highest BCUT2D eigenvalue weighted by atomic mass is 16.4. The Hall–Kier alpha value is -2.21. The fourth-order valence-electron chi connectivity index (χ4n) is 1.08. The highest BCUT2D eigenvalue weighted by molar-refractivity contribution is 6.04. The molecule has 1 aromatic carbocycles. The van der Waals surface area contributed by atoms with Crippen molar-refractivity contribution >= 4 is 23.9 Å². The van der Waals surface area contributed by atoms with Gasteiger partial charge in [-0.15, -0.1) is 0 Å². The van der Waals surface area contributed by atoms with Crippen molar-refractivity contribution in [1.29, 1.82) is 0 Å². The zero-order valence-corrected chi connectivity index (χ0v) is 8.61. The van der Waals surface area contributed by atoms with E-state index in [1.165, 1.54) is 0 Å². The van der Waals surface area contributed by atoms with E-state index in [9.17, 15) is 14.4 Å². The van der Waals surface area contributed by atoms with Crippen LogP contribution in [-0.2, 0) is 9.59 Å². The van der Waals surface area contributed by atoms with Crippen LogP contribution < -0.4 is 11.1 Å². The van der Waals surface area contributed by atoms with Crippen molar-refractivity contribution in [1.82, 2.24) is 0 Å². The second kappa shape index (κ2) is 5.76. The van der Waals surface area contributed by atoms with Crippen LogP contribution in [0.25, 0.3) is 0 Å². The summed E-state index contributed by atoms with van der Waals surface area (Å²) in [5.74, 6) is -2.32. The molecule has 1 atom stereocenters. The normalized spacial score (nSPS) is 14.9. The van der Waals surface area contributed by atoms with Crippen molar-refractivity contribution in [3.05, 3.63) is 29.7 Å². The third-order valence-electron chi connectivity index (χ3n) is 1.89. The van der Waals surface area contributed by atoms with E-state index in [1.54, 1.807) is 0 Å². The Kier molecular flexibility index (Phi) is 2.70. The first-order valence-electron chi connectivity index (χ1n) is 6.54. The van der Waals surface area contributed by atoms with Gasteiger partial charge in [-0.05, 0) is 12.1 Å². The first kappa shape index (κ1) is 7.97. The number of nitrogens with one attached hydrogen (secondary N) is 1. The number of benzene rings is 1. The third-order valence-corrected chi connectivity index (χ3v) is 1.89. The maximum absolute atomic E-state index is 12.0. The number of hydrogen-bond acceptors (Lipinski definition) is 4. The molecule has 4 N–H and O–H groups in total. The number of carbonyl (C=O) groups excluding carboxylic acids is 2. The lowest BCUT2D eigenvalue weighted by Crippen LogP contribution is -2.32. The molecule has 17 heavy (non-hydrogen) atoms. The Morgan fingerprint density at radius 2 is 2.18 bits per heavy atom. The summed E-state index contributed by atoms with van der Waals surface area (Å²) in [6, 6.07) is -4.06. The molecule has 0 aliphatic carbocycles. The Labute approximate surface area is 103 Å². The van der Waals surface area contributed by atoms with Crippen molar-refractivity contribution < 1.29 is 25.0 Å². The highest BCUT2D eigenvalue weighted by Crippen LogP contribution is 2.16. The fraction of sp³-hybridized carbons (Fsp3) is 0.182. The van der Waals surface area contributed by atoms with Gasteiger partial charge in [0.1, 0.15) is 6.04 Å². The van der Waals surface area contributed by atoms with E-state index in [1.807, 2.05) is 5.32 Å². The molecule has 0 aliphatic heterocycles. The largest absolute Gasteiger partial charge is 0.480 e. The van der Waals surface area contributed by atoms with Gasteiger partial charge in [-0.1, -0.05) is 12.1 Å². The molecule has 0 radical (unpaired) electrons. The molecule has 1 rings (SSSR count). The van der Waals surface area contributed by atoms with Gasteiger partial charge >= 0.3 is 5.97 Å². The fourth-order valence-corrected chi connectivity index (χ4v) is 1.08. The first-order valence-corrected chi connectivity index (χ1v) is 4.54. The second-order valence-corrected chi connectivity index (χ2v) is 3.08. The average molecular weight is 240 g/mol. The molecule has 0 spiro atoms. The first-order chi connectivity index (χ1) is 9.72. The van der Waals surface area contributed by atoms with Gasteiger partial charge in [-0.2, -0.15) is 0 Å². The van der Waals surface area contributed by atoms with E-state index >= 15 is 0 Å². The van der Waals surface area contributed by atoms with Gasteiger partial charge in [0.15, 0.2) is 5.78 Å². The Morgan fingerprint density at radius 1 is 1.53 bits per heavy atom. The van der Waals surface area contributed by atoms with Gasteiger partial charge in [0, 0.05) is 12.0 Å². The van der Waals surface area contributed by atoms with E-state index in [0.717, 1.165) is 0 Å². The SMILES string of the molecule is [2H]c1c([2H])c([2H])c(C(=O)C[C@H](N)C(=O)O)c(NC=O)c1[2H]. The molecule has 0 aliphatic rings. The third kappa shape index (κ3) is 3.39. The van der Waals surface area contributed by atoms with Gasteiger partial charge in [-0.3, -0.25) is 14.4 Å². The van der Waals surface area contributed by atoms with Gasteiger partial charge in [-0.25, -0.2) is 0 Å². The molecule has 0 unspecified atom stereocenters. The van der Waals surface area contributed by atoms with E-state index in [0.29, 0.717) is 0 Å². The number of nitrogens with two attached hydrogens (primary N) is 1. The number of carboxylic acid groups (broad SMARTS) is 1. The van der Waals surface area contributed by atoms with Gasteiger partial charge in [0.25, 0.3) is 0 Å². The number of carboxylic acids is 1. The summed E-state index contributed by atoms with van der Waals surface area (Å²) in [5.41, 5.74) is 4.33. The summed E-state index contributed by atoms with van der Waals surface area (Å²) in [5, 5.41) is 10.7. The van der Waals surface area contributed by atoms with Crippen LogP contribution in [-0.4, -0.2) is 29.3 Å². The Morgan fingerprint density at radius 3 is 2.76 bits per heavy atom. The zero-order chi connectivity index (χ0) is 16.3. The monoisotopic (exact) mass is 240 g/mol. The minimum atomic E-state index is -1.51. The summed E-state index contributed by atoms with van der Waals surface area (Å²) >= 11 is 0. The van der Waals surface area contributed by atoms with E-state index in [4.69, 9.17) is 16.3 Å². The smallest absolute Gasteiger partial charge is 0.320 e. The number of rotatable bonds is 6. The number of amides is 1. The van der Waals surface area contributed by atoms with Crippen molar-refractivity contribution in [2.24, 2.45) is 5.73 Å². The predicted octanol–water partition coefficient (Wildman–Crippen LogP) is 0.240. The maximum atomic E-state index is 12.0. The number of Topliss-reactive ketones (excluding diaryl/α,β-unsaturated/α-hetero) is 1. The highest BCUT2D eigenvalue weighted by Gasteiger charge is 2.19. The van der Waals surface area contributed by atoms with Crippen LogP contribution in [0.3, 0.4) is 0 Å². The minimum absolute atomic E-state index is 0.157. The van der Waals surface area contributed by atoms with Gasteiger partial charge < -0.3 is 16.2 Å². The number of anilines is 1. The number of ketones is 1. The second-order valence-electron chi connectivity index (χ2n) is 3.08. The van der Waals surface area contributed by atoms with Crippen LogP contribution in [0.5, 0.6) is 0 Å². The van der Waals surface area contributed by atoms with Crippen LogP contribution >= 0.6 is 0 Å². The molecule has 0 saturated heterocycles. The van der Waals surface area contributed by atoms with E-state index < -0.39 is 59.6 Å². The van der Waals surface area contributed by atoms with Crippen molar-refractivity contribution in [2.75, 3.05) is 5.32 Å². The van der Waals surface area contributed by atoms with Crippen LogP contribution in [0.1, 0.15) is 22.3 Å². The Bertz CT molecular complexity index is 621. The molecular formula is C11H12N2O4. The molecule has 0 bridgehead atoms. The quantitative estimate of drug-likeness (QED) is 0.487. The zero-order valence-electron chi connectivity index (χ0n) is 12.6. The number of carbonyl (C=O) groups is 3. The lowest BCUT2D eigenvalue weighted by Gasteiger charge is -2.09. The Balaban J connectivity index is 3.42. The van der Waals surface area contributed by atoms with Gasteiger partial charge in [0.05, 0.1) is 11.2 Å². The number of hydrogen-bond donors (Lipinski definition) is 3. The average Bonchev–Trinajstić information content (AvgIpc) is 2.42. The molecule has 0 aromatic heterocycles. The van der Waals surface area contributed by atoms with Crippen LogP contribution in [0.2, 0.25) is 0 Å². The van der Waals surface area contributed by atoms with Crippen LogP contribution in [0, 0.1) is 0 Å². The molecular weight excluding hydrogens is 224 g/mol. The van der Waals surface area contributed by atoms with E-state index in [2.05, 4.69) is 0 Å². The maximum Gasteiger partial charge on any atom is 0.320 e. The van der Waals surface area contributed by atoms with Gasteiger partial charge in [0.2, 0.25) is 6.41 Å². The lowest BCUT2D eigenvalue weighted by atomic mass is 10.0. The van der Waals surface area contributed by atoms with Crippen LogP contribution in [0.4, 0.5) is 5.69 Å². The molecule has 1 amide bonds. The molecule has 0 saturated carbocycles. The molecule has 1 aromatic rings. The van der Waals surface area contributed by atoms with Crippen molar-refractivity contribution in [3.63, 3.8) is 0 Å².